The average molecular weight is 296 g/mol. The molecule has 0 aromatic heterocycles. The maximum Gasteiger partial charge on any atom is 0.130 e. The van der Waals surface area contributed by atoms with Gasteiger partial charge in [-0.05, 0) is 59.6 Å². The Morgan fingerprint density at radius 1 is 0.909 bits per heavy atom. The summed E-state index contributed by atoms with van der Waals surface area (Å²) in [4.78, 5) is 0. The van der Waals surface area contributed by atoms with Gasteiger partial charge in [0.2, 0.25) is 0 Å². The first kappa shape index (κ1) is 14.7. The molecular formula is C20H18F2. The van der Waals surface area contributed by atoms with Gasteiger partial charge in [0.15, 0.2) is 0 Å². The molecule has 0 amide bonds. The molecular weight excluding hydrogens is 278 g/mol. The lowest BCUT2D eigenvalue weighted by Crippen LogP contribution is -2.15. The second-order valence-corrected chi connectivity index (χ2v) is 5.77. The Balaban J connectivity index is 1.95. The van der Waals surface area contributed by atoms with E-state index in [2.05, 4.69) is 19.2 Å². The molecule has 0 radical (unpaired) electrons. The predicted molar refractivity (Wildman–Crippen MR) is 87.7 cm³/mol. The van der Waals surface area contributed by atoms with Crippen LogP contribution < -0.4 is 0 Å². The van der Waals surface area contributed by atoms with Gasteiger partial charge in [0.25, 0.3) is 0 Å². The molecule has 22 heavy (non-hydrogen) atoms. The minimum atomic E-state index is -0.467. The Labute approximate surface area is 129 Å². The summed E-state index contributed by atoms with van der Waals surface area (Å²) in [6.45, 7) is 7.33. The quantitative estimate of drug-likeness (QED) is 0.699. The molecule has 2 heteroatoms. The molecule has 0 fully saturated rings. The molecule has 0 saturated carbocycles. The standard InChI is InChI=1S/C20H18F2/c1-3-13-5-6-16-12-17(8-7-15(16)9-13)20-18(21)10-14(4-2)11-19(20)22/h3-6,9-11,17H,1-2,7-8,12H2. The van der Waals surface area contributed by atoms with Crippen molar-refractivity contribution in [2.45, 2.75) is 25.2 Å². The molecule has 0 N–H and O–H groups in total. The molecule has 0 nitrogen and oxygen atoms in total. The average Bonchev–Trinajstić information content (AvgIpc) is 2.53. The lowest BCUT2D eigenvalue weighted by Gasteiger charge is -2.26. The van der Waals surface area contributed by atoms with Gasteiger partial charge in [0.05, 0.1) is 0 Å². The van der Waals surface area contributed by atoms with Gasteiger partial charge in [0.1, 0.15) is 11.6 Å². The van der Waals surface area contributed by atoms with Gasteiger partial charge in [-0.25, -0.2) is 8.78 Å². The third-order valence-electron chi connectivity index (χ3n) is 4.44. The van der Waals surface area contributed by atoms with Crippen LogP contribution in [0.3, 0.4) is 0 Å². The number of benzene rings is 2. The fourth-order valence-corrected chi connectivity index (χ4v) is 3.26. The first-order valence-corrected chi connectivity index (χ1v) is 7.48. The monoisotopic (exact) mass is 296 g/mol. The second-order valence-electron chi connectivity index (χ2n) is 5.77. The Morgan fingerprint density at radius 3 is 2.23 bits per heavy atom. The number of halogens is 2. The molecule has 2 aromatic rings. The predicted octanol–water partition coefficient (Wildman–Crippen LogP) is 5.52. The van der Waals surface area contributed by atoms with Crippen LogP contribution in [-0.4, -0.2) is 0 Å². The minimum absolute atomic E-state index is 0.110. The smallest absolute Gasteiger partial charge is 0.130 e. The van der Waals surface area contributed by atoms with E-state index in [0.29, 0.717) is 12.0 Å². The molecule has 1 aliphatic carbocycles. The molecule has 0 aliphatic heterocycles. The van der Waals surface area contributed by atoms with Crippen molar-refractivity contribution in [3.8, 4) is 0 Å². The van der Waals surface area contributed by atoms with Crippen LogP contribution in [-0.2, 0) is 12.8 Å². The molecule has 2 aromatic carbocycles. The van der Waals surface area contributed by atoms with E-state index in [0.717, 1.165) is 18.4 Å². The van der Waals surface area contributed by atoms with Gasteiger partial charge in [0, 0.05) is 5.56 Å². The molecule has 3 rings (SSSR count). The van der Waals surface area contributed by atoms with Crippen LogP contribution >= 0.6 is 0 Å². The topological polar surface area (TPSA) is 0 Å². The summed E-state index contributed by atoms with van der Waals surface area (Å²) in [5.41, 5.74) is 4.21. The van der Waals surface area contributed by atoms with Crippen LogP contribution in [0.25, 0.3) is 12.2 Å². The van der Waals surface area contributed by atoms with Crippen molar-refractivity contribution in [1.29, 1.82) is 0 Å². The molecule has 0 bridgehead atoms. The Morgan fingerprint density at radius 2 is 1.59 bits per heavy atom. The van der Waals surface area contributed by atoms with E-state index in [1.807, 2.05) is 18.2 Å². The van der Waals surface area contributed by atoms with Crippen LogP contribution in [0.1, 0.15) is 40.2 Å². The number of aryl methyl sites for hydroxylation is 1. The van der Waals surface area contributed by atoms with Gasteiger partial charge in [-0.2, -0.15) is 0 Å². The largest absolute Gasteiger partial charge is 0.207 e. The normalized spacial score (nSPS) is 16.9. The van der Waals surface area contributed by atoms with Crippen molar-refractivity contribution in [3.63, 3.8) is 0 Å². The number of hydrogen-bond acceptors (Lipinski definition) is 0. The zero-order chi connectivity index (χ0) is 15.7. The molecule has 0 spiro atoms. The highest BCUT2D eigenvalue weighted by Crippen LogP contribution is 2.36. The summed E-state index contributed by atoms with van der Waals surface area (Å²) in [7, 11) is 0. The van der Waals surface area contributed by atoms with Crippen LogP contribution in [0.2, 0.25) is 0 Å². The SMILES string of the molecule is C=Cc1cc(F)c(C2CCc3cc(C=C)ccc3C2)c(F)c1. The van der Waals surface area contributed by atoms with Gasteiger partial charge in [-0.3, -0.25) is 0 Å². The number of fused-ring (bicyclic) bond motifs is 1. The fraction of sp³-hybridized carbons (Fsp3) is 0.200. The molecule has 112 valence electrons. The van der Waals surface area contributed by atoms with Crippen molar-refractivity contribution < 1.29 is 8.78 Å². The lowest BCUT2D eigenvalue weighted by molar-refractivity contribution is 0.491. The molecule has 1 atom stereocenters. The molecule has 1 unspecified atom stereocenters. The van der Waals surface area contributed by atoms with E-state index in [1.165, 1.54) is 29.3 Å². The lowest BCUT2D eigenvalue weighted by atomic mass is 9.79. The number of hydrogen-bond donors (Lipinski definition) is 0. The van der Waals surface area contributed by atoms with Crippen molar-refractivity contribution in [2.75, 3.05) is 0 Å². The van der Waals surface area contributed by atoms with Gasteiger partial charge in [-0.1, -0.05) is 43.5 Å². The van der Waals surface area contributed by atoms with Gasteiger partial charge < -0.3 is 0 Å². The molecule has 0 saturated heterocycles. The summed E-state index contributed by atoms with van der Waals surface area (Å²) in [5, 5.41) is 0. The zero-order valence-electron chi connectivity index (χ0n) is 12.4. The van der Waals surface area contributed by atoms with Gasteiger partial charge >= 0.3 is 0 Å². The van der Waals surface area contributed by atoms with E-state index in [1.54, 1.807) is 0 Å². The highest BCUT2D eigenvalue weighted by molar-refractivity contribution is 5.52. The number of rotatable bonds is 3. The summed E-state index contributed by atoms with van der Waals surface area (Å²) in [5.74, 6) is -1.04. The van der Waals surface area contributed by atoms with E-state index in [9.17, 15) is 8.78 Å². The minimum Gasteiger partial charge on any atom is -0.207 e. The fourth-order valence-electron chi connectivity index (χ4n) is 3.26. The Bertz CT molecular complexity index is 720. The summed E-state index contributed by atoms with van der Waals surface area (Å²) < 4.78 is 28.6. The van der Waals surface area contributed by atoms with Crippen LogP contribution in [0.5, 0.6) is 0 Å². The maximum absolute atomic E-state index is 14.3. The highest BCUT2D eigenvalue weighted by Gasteiger charge is 2.25. The molecule has 0 heterocycles. The van der Waals surface area contributed by atoms with Crippen molar-refractivity contribution in [3.05, 3.63) is 82.9 Å². The third-order valence-corrected chi connectivity index (χ3v) is 4.44. The van der Waals surface area contributed by atoms with Crippen LogP contribution in [0.15, 0.2) is 43.5 Å². The Kier molecular flexibility index (Phi) is 3.93. The van der Waals surface area contributed by atoms with E-state index in [-0.39, 0.29) is 11.5 Å². The first-order valence-electron chi connectivity index (χ1n) is 7.48. The Hall–Kier alpha value is -2.22. The molecule has 1 aliphatic rings. The van der Waals surface area contributed by atoms with Crippen molar-refractivity contribution >= 4 is 12.2 Å². The van der Waals surface area contributed by atoms with E-state index >= 15 is 0 Å². The summed E-state index contributed by atoms with van der Waals surface area (Å²) in [6, 6.07) is 8.89. The van der Waals surface area contributed by atoms with Gasteiger partial charge in [-0.15, -0.1) is 0 Å². The van der Waals surface area contributed by atoms with E-state index < -0.39 is 11.6 Å². The zero-order valence-corrected chi connectivity index (χ0v) is 12.4. The van der Waals surface area contributed by atoms with Crippen LogP contribution in [0, 0.1) is 11.6 Å². The van der Waals surface area contributed by atoms with Crippen molar-refractivity contribution in [2.24, 2.45) is 0 Å². The van der Waals surface area contributed by atoms with Crippen molar-refractivity contribution in [1.82, 2.24) is 0 Å². The summed E-state index contributed by atoms with van der Waals surface area (Å²) in [6.07, 6.45) is 5.55. The second kappa shape index (κ2) is 5.88. The third kappa shape index (κ3) is 2.61. The summed E-state index contributed by atoms with van der Waals surface area (Å²) >= 11 is 0. The van der Waals surface area contributed by atoms with E-state index in [4.69, 9.17) is 0 Å². The maximum atomic E-state index is 14.3. The first-order chi connectivity index (χ1) is 10.6. The van der Waals surface area contributed by atoms with Crippen LogP contribution in [0.4, 0.5) is 8.78 Å². The highest BCUT2D eigenvalue weighted by atomic mass is 19.1.